The molecule has 9 N–H and O–H groups in total. The Morgan fingerprint density at radius 3 is 2.29 bits per heavy atom. The van der Waals surface area contributed by atoms with Gasteiger partial charge in [0.25, 0.3) is 0 Å². The molecule has 4 atom stereocenters. The Morgan fingerprint density at radius 2 is 1.77 bits per heavy atom. The summed E-state index contributed by atoms with van der Waals surface area (Å²) in [5.41, 5.74) is 11.2. The summed E-state index contributed by atoms with van der Waals surface area (Å²) in [4.78, 5) is 65.5. The van der Waals surface area contributed by atoms with E-state index in [1.807, 2.05) is 0 Å². The molecule has 0 spiro atoms. The minimum absolute atomic E-state index is 0.00773. The predicted molar refractivity (Wildman–Crippen MR) is 112 cm³/mol. The second kappa shape index (κ2) is 12.5. The van der Waals surface area contributed by atoms with E-state index in [-0.39, 0.29) is 25.0 Å². The second-order valence-corrected chi connectivity index (χ2v) is 7.13. The van der Waals surface area contributed by atoms with Gasteiger partial charge in [-0.05, 0) is 13.3 Å². The zero-order chi connectivity index (χ0) is 23.6. The van der Waals surface area contributed by atoms with Gasteiger partial charge >= 0.3 is 5.97 Å². The molecule has 1 aromatic heterocycles. The molecule has 1 aromatic rings. The predicted octanol–water partition coefficient (Wildman–Crippen LogP) is -2.97. The molecule has 1 rings (SSSR count). The van der Waals surface area contributed by atoms with Crippen LogP contribution < -0.4 is 27.4 Å². The molecule has 31 heavy (non-hydrogen) atoms. The summed E-state index contributed by atoms with van der Waals surface area (Å²) in [6.45, 7) is 1.36. The van der Waals surface area contributed by atoms with Crippen molar-refractivity contribution in [3.63, 3.8) is 0 Å². The van der Waals surface area contributed by atoms with Crippen molar-refractivity contribution in [3.05, 3.63) is 18.2 Å². The third-order valence-electron chi connectivity index (χ3n) is 4.20. The van der Waals surface area contributed by atoms with Gasteiger partial charge in [0, 0.05) is 30.5 Å². The number of amides is 4. The number of carbonyl (C=O) groups is 5. The van der Waals surface area contributed by atoms with Crippen LogP contribution in [0.2, 0.25) is 0 Å². The van der Waals surface area contributed by atoms with Crippen LogP contribution in [0.1, 0.15) is 25.5 Å². The lowest BCUT2D eigenvalue weighted by Gasteiger charge is -2.22. The lowest BCUT2D eigenvalue weighted by molar-refractivity contribution is -0.142. The standard InChI is InChI=1S/C17H27N7O6S/c1-8(14(26)23-11(17(29)30)4-9-5-20-7-21-9)22-16(28)12(6-31)24-15(27)10(18)2-3-13(19)25/h5,7-8,10-12,31H,2-4,6,18H2,1H3,(H2,19,25)(H,20,21)(H,22,28)(H,23,26)(H,24,27)(H,29,30). The molecule has 14 heteroatoms. The number of nitrogens with two attached hydrogens (primary N) is 2. The molecule has 0 aliphatic heterocycles. The molecule has 4 amide bonds. The number of hydrogen-bond acceptors (Lipinski definition) is 8. The molecule has 0 saturated carbocycles. The molecular formula is C17H27N7O6S. The minimum Gasteiger partial charge on any atom is -0.480 e. The van der Waals surface area contributed by atoms with Crippen LogP contribution in [0.3, 0.4) is 0 Å². The van der Waals surface area contributed by atoms with Gasteiger partial charge in [-0.3, -0.25) is 19.2 Å². The summed E-state index contributed by atoms with van der Waals surface area (Å²) in [6, 6.07) is -4.50. The fourth-order valence-corrected chi connectivity index (χ4v) is 2.65. The number of nitrogens with one attached hydrogen (secondary N) is 4. The van der Waals surface area contributed by atoms with Crippen molar-refractivity contribution in [2.45, 2.75) is 50.4 Å². The van der Waals surface area contributed by atoms with Crippen molar-refractivity contribution < 1.29 is 29.1 Å². The van der Waals surface area contributed by atoms with Gasteiger partial charge in [-0.1, -0.05) is 0 Å². The Bertz CT molecular complexity index is 788. The van der Waals surface area contributed by atoms with E-state index in [4.69, 9.17) is 11.5 Å². The highest BCUT2D eigenvalue weighted by molar-refractivity contribution is 7.80. The van der Waals surface area contributed by atoms with Gasteiger partial charge < -0.3 is 37.5 Å². The second-order valence-electron chi connectivity index (χ2n) is 6.77. The van der Waals surface area contributed by atoms with Crippen molar-refractivity contribution in [2.75, 3.05) is 5.75 Å². The number of rotatable bonds is 13. The summed E-state index contributed by atoms with van der Waals surface area (Å²) in [5.74, 6) is -4.09. The summed E-state index contributed by atoms with van der Waals surface area (Å²) in [7, 11) is 0. The van der Waals surface area contributed by atoms with Crippen LogP contribution in [-0.4, -0.2) is 74.6 Å². The van der Waals surface area contributed by atoms with Crippen molar-refractivity contribution in [2.24, 2.45) is 11.5 Å². The van der Waals surface area contributed by atoms with Crippen molar-refractivity contribution in [1.29, 1.82) is 0 Å². The van der Waals surface area contributed by atoms with Crippen LogP contribution in [0.4, 0.5) is 0 Å². The van der Waals surface area contributed by atoms with Crippen molar-refractivity contribution in [1.82, 2.24) is 25.9 Å². The monoisotopic (exact) mass is 457 g/mol. The summed E-state index contributed by atoms with van der Waals surface area (Å²) in [5, 5.41) is 16.4. The molecule has 0 radical (unpaired) electrons. The third-order valence-corrected chi connectivity index (χ3v) is 4.56. The molecule has 13 nitrogen and oxygen atoms in total. The number of aromatic nitrogens is 2. The molecular weight excluding hydrogens is 430 g/mol. The first-order valence-corrected chi connectivity index (χ1v) is 9.94. The Balaban J connectivity index is 2.62. The van der Waals surface area contributed by atoms with E-state index >= 15 is 0 Å². The number of thiol groups is 1. The lowest BCUT2D eigenvalue weighted by Crippen LogP contribution is -2.57. The van der Waals surface area contributed by atoms with Crippen LogP contribution in [0.15, 0.2) is 12.5 Å². The number of carbonyl (C=O) groups excluding carboxylic acids is 4. The zero-order valence-electron chi connectivity index (χ0n) is 16.8. The Hall–Kier alpha value is -3.13. The minimum atomic E-state index is -1.26. The van der Waals surface area contributed by atoms with Gasteiger partial charge in [-0.2, -0.15) is 12.6 Å². The van der Waals surface area contributed by atoms with Crippen LogP contribution in [0, 0.1) is 0 Å². The van der Waals surface area contributed by atoms with E-state index in [9.17, 15) is 29.1 Å². The van der Waals surface area contributed by atoms with Crippen LogP contribution >= 0.6 is 12.6 Å². The number of carboxylic acid groups (broad SMARTS) is 1. The van der Waals surface area contributed by atoms with Crippen molar-refractivity contribution >= 4 is 42.2 Å². The fraction of sp³-hybridized carbons (Fsp3) is 0.529. The topological polar surface area (TPSA) is 222 Å². The molecule has 4 unspecified atom stereocenters. The Kier molecular flexibility index (Phi) is 10.5. The van der Waals surface area contributed by atoms with Gasteiger partial charge in [0.1, 0.15) is 18.1 Å². The number of aliphatic carboxylic acids is 1. The van der Waals surface area contributed by atoms with Gasteiger partial charge in [0.05, 0.1) is 12.4 Å². The normalized spacial score (nSPS) is 14.5. The van der Waals surface area contributed by atoms with E-state index in [1.165, 1.54) is 19.4 Å². The van der Waals surface area contributed by atoms with E-state index in [0.29, 0.717) is 5.69 Å². The first-order valence-electron chi connectivity index (χ1n) is 9.31. The highest BCUT2D eigenvalue weighted by Crippen LogP contribution is 2.01. The number of carboxylic acids is 1. The Labute approximate surface area is 183 Å². The van der Waals surface area contributed by atoms with Gasteiger partial charge in [-0.15, -0.1) is 0 Å². The number of H-pyrrole nitrogens is 1. The quantitative estimate of drug-likeness (QED) is 0.142. The number of nitrogens with zero attached hydrogens (tertiary/aromatic N) is 1. The average molecular weight is 458 g/mol. The SMILES string of the molecule is CC(NC(=O)C(CS)NC(=O)C(N)CCC(N)=O)C(=O)NC(Cc1cnc[nH]1)C(=O)O. The Morgan fingerprint density at radius 1 is 1.13 bits per heavy atom. The first kappa shape index (κ1) is 25.9. The number of hydrogen-bond donors (Lipinski definition) is 8. The molecule has 0 bridgehead atoms. The lowest BCUT2D eigenvalue weighted by atomic mass is 10.1. The van der Waals surface area contributed by atoms with Gasteiger partial charge in [0.2, 0.25) is 23.6 Å². The summed E-state index contributed by atoms with van der Waals surface area (Å²) < 4.78 is 0. The molecule has 1 heterocycles. The van der Waals surface area contributed by atoms with Gasteiger partial charge in [0.15, 0.2) is 0 Å². The van der Waals surface area contributed by atoms with Crippen LogP contribution in [0.5, 0.6) is 0 Å². The molecule has 0 aliphatic carbocycles. The zero-order valence-corrected chi connectivity index (χ0v) is 17.7. The maximum Gasteiger partial charge on any atom is 0.326 e. The molecule has 0 saturated heterocycles. The maximum absolute atomic E-state index is 12.4. The summed E-state index contributed by atoms with van der Waals surface area (Å²) >= 11 is 4.01. The van der Waals surface area contributed by atoms with Crippen LogP contribution in [-0.2, 0) is 30.4 Å². The molecule has 172 valence electrons. The van der Waals surface area contributed by atoms with E-state index in [2.05, 4.69) is 38.5 Å². The van der Waals surface area contributed by atoms with E-state index in [0.717, 1.165) is 0 Å². The third kappa shape index (κ3) is 9.04. The number of imidazole rings is 1. The van der Waals surface area contributed by atoms with Gasteiger partial charge in [-0.25, -0.2) is 9.78 Å². The molecule has 0 aliphatic rings. The average Bonchev–Trinajstić information content (AvgIpc) is 3.22. The molecule has 0 fully saturated rings. The number of aromatic amines is 1. The first-order chi connectivity index (χ1) is 14.5. The largest absolute Gasteiger partial charge is 0.480 e. The smallest absolute Gasteiger partial charge is 0.326 e. The number of primary amides is 1. The highest BCUT2D eigenvalue weighted by atomic mass is 32.1. The van der Waals surface area contributed by atoms with Crippen LogP contribution in [0.25, 0.3) is 0 Å². The summed E-state index contributed by atoms with van der Waals surface area (Å²) in [6.07, 6.45) is 2.70. The van der Waals surface area contributed by atoms with E-state index in [1.54, 1.807) is 0 Å². The molecule has 0 aromatic carbocycles. The highest BCUT2D eigenvalue weighted by Gasteiger charge is 2.28. The van der Waals surface area contributed by atoms with E-state index < -0.39 is 53.8 Å². The van der Waals surface area contributed by atoms with Crippen molar-refractivity contribution in [3.8, 4) is 0 Å². The fourth-order valence-electron chi connectivity index (χ4n) is 2.39. The maximum atomic E-state index is 12.4.